The zero-order chi connectivity index (χ0) is 19.1. The van der Waals surface area contributed by atoms with Gasteiger partial charge in [-0.3, -0.25) is 9.20 Å². The highest BCUT2D eigenvalue weighted by Crippen LogP contribution is 2.27. The minimum Gasteiger partial charge on any atom is -0.368 e. The van der Waals surface area contributed by atoms with Crippen LogP contribution < -0.4 is 5.32 Å². The molecular weight excluding hydrogens is 354 g/mol. The summed E-state index contributed by atoms with van der Waals surface area (Å²) in [7, 11) is 0. The first-order valence-corrected chi connectivity index (χ1v) is 9.96. The predicted molar refractivity (Wildman–Crippen MR) is 105 cm³/mol. The van der Waals surface area contributed by atoms with Crippen LogP contribution in [0.2, 0.25) is 0 Å². The first kappa shape index (κ1) is 17.3. The molecule has 3 heterocycles. The summed E-state index contributed by atoms with van der Waals surface area (Å²) in [5, 5.41) is 11.6. The van der Waals surface area contributed by atoms with Gasteiger partial charge in [0.15, 0.2) is 0 Å². The van der Waals surface area contributed by atoms with Crippen LogP contribution in [-0.4, -0.2) is 38.2 Å². The normalized spacial score (nSPS) is 19.0. The van der Waals surface area contributed by atoms with Gasteiger partial charge in [-0.1, -0.05) is 6.07 Å². The second-order valence-corrected chi connectivity index (χ2v) is 7.62. The SMILES string of the molecule is Cc1cc(-c2cn3c4c(nnc3n2)CCCC4)ccc1NC(=O)C1CCCO1. The van der Waals surface area contributed by atoms with Crippen LogP contribution >= 0.6 is 0 Å². The van der Waals surface area contributed by atoms with Gasteiger partial charge in [-0.15, -0.1) is 5.10 Å². The summed E-state index contributed by atoms with van der Waals surface area (Å²) < 4.78 is 7.54. The highest BCUT2D eigenvalue weighted by atomic mass is 16.5. The number of hydrogen-bond donors (Lipinski definition) is 1. The quantitative estimate of drug-likeness (QED) is 0.758. The number of benzene rings is 1. The lowest BCUT2D eigenvalue weighted by atomic mass is 10.0. The van der Waals surface area contributed by atoms with Gasteiger partial charge in [0, 0.05) is 29.7 Å². The molecule has 2 aliphatic rings. The molecule has 1 unspecified atom stereocenters. The Labute approximate surface area is 163 Å². The van der Waals surface area contributed by atoms with E-state index in [-0.39, 0.29) is 12.0 Å². The summed E-state index contributed by atoms with van der Waals surface area (Å²) in [5.41, 5.74) is 5.99. The minimum absolute atomic E-state index is 0.0667. The summed E-state index contributed by atoms with van der Waals surface area (Å²) >= 11 is 0. The molecule has 1 aliphatic carbocycles. The van der Waals surface area contributed by atoms with Crippen molar-refractivity contribution in [2.75, 3.05) is 11.9 Å². The maximum atomic E-state index is 12.3. The number of nitrogens with one attached hydrogen (secondary N) is 1. The molecule has 0 spiro atoms. The monoisotopic (exact) mass is 377 g/mol. The van der Waals surface area contributed by atoms with E-state index in [4.69, 9.17) is 4.74 Å². The third-order valence-electron chi connectivity index (χ3n) is 5.65. The standard InChI is InChI=1S/C21H23N5O2/c1-13-11-14(8-9-15(13)22-20(27)19-7-4-10-28-19)17-12-26-18-6-3-2-5-16(18)24-25-21(26)23-17/h8-9,11-12,19H,2-7,10H2,1H3,(H,22,27). The van der Waals surface area contributed by atoms with Crippen molar-refractivity contribution in [3.8, 4) is 11.3 Å². The molecule has 1 aliphatic heterocycles. The molecule has 7 heteroatoms. The van der Waals surface area contributed by atoms with Crippen LogP contribution in [0.1, 0.15) is 42.6 Å². The number of fused-ring (bicyclic) bond motifs is 3. The van der Waals surface area contributed by atoms with Crippen molar-refractivity contribution >= 4 is 17.4 Å². The second-order valence-electron chi connectivity index (χ2n) is 7.62. The Morgan fingerprint density at radius 3 is 2.93 bits per heavy atom. The lowest BCUT2D eigenvalue weighted by Crippen LogP contribution is -2.27. The Kier molecular flexibility index (Phi) is 4.31. The fraction of sp³-hybridized carbons (Fsp3) is 0.429. The van der Waals surface area contributed by atoms with Crippen molar-refractivity contribution in [3.05, 3.63) is 41.3 Å². The van der Waals surface area contributed by atoms with Gasteiger partial charge in [0.05, 0.1) is 11.4 Å². The maximum absolute atomic E-state index is 12.3. The van der Waals surface area contributed by atoms with Crippen LogP contribution in [0.25, 0.3) is 17.0 Å². The van der Waals surface area contributed by atoms with Crippen molar-refractivity contribution in [3.63, 3.8) is 0 Å². The van der Waals surface area contributed by atoms with Gasteiger partial charge < -0.3 is 10.1 Å². The molecule has 1 atom stereocenters. The molecule has 1 amide bonds. The average molecular weight is 377 g/mol. The number of carbonyl (C=O) groups excluding carboxylic acids is 1. The molecule has 0 radical (unpaired) electrons. The molecule has 1 fully saturated rings. The van der Waals surface area contributed by atoms with Crippen LogP contribution in [0.15, 0.2) is 24.4 Å². The Morgan fingerprint density at radius 2 is 2.11 bits per heavy atom. The highest BCUT2D eigenvalue weighted by molar-refractivity contribution is 5.95. The number of aryl methyl sites for hydroxylation is 3. The molecule has 1 aromatic carbocycles. The van der Waals surface area contributed by atoms with E-state index < -0.39 is 0 Å². The molecule has 5 rings (SSSR count). The van der Waals surface area contributed by atoms with Gasteiger partial charge in [0.25, 0.3) is 11.7 Å². The molecule has 28 heavy (non-hydrogen) atoms. The summed E-state index contributed by atoms with van der Waals surface area (Å²) in [5.74, 6) is 0.576. The first-order valence-electron chi connectivity index (χ1n) is 9.96. The number of ether oxygens (including phenoxy) is 1. The molecular formula is C21H23N5O2. The van der Waals surface area contributed by atoms with Gasteiger partial charge in [0.1, 0.15) is 6.10 Å². The number of carbonyl (C=O) groups is 1. The van der Waals surface area contributed by atoms with Gasteiger partial charge in [0.2, 0.25) is 0 Å². The van der Waals surface area contributed by atoms with Crippen LogP contribution in [0.5, 0.6) is 0 Å². The van der Waals surface area contributed by atoms with Crippen molar-refractivity contribution in [2.45, 2.75) is 51.6 Å². The van der Waals surface area contributed by atoms with Crippen molar-refractivity contribution < 1.29 is 9.53 Å². The van der Waals surface area contributed by atoms with Crippen LogP contribution in [0.4, 0.5) is 5.69 Å². The number of nitrogens with zero attached hydrogens (tertiary/aromatic N) is 4. The fourth-order valence-corrected chi connectivity index (χ4v) is 4.09. The summed E-state index contributed by atoms with van der Waals surface area (Å²) in [6.07, 6.45) is 7.81. The number of anilines is 1. The van der Waals surface area contributed by atoms with Crippen LogP contribution in [-0.2, 0) is 22.4 Å². The smallest absolute Gasteiger partial charge is 0.254 e. The van der Waals surface area contributed by atoms with Crippen LogP contribution in [0.3, 0.4) is 0 Å². The fourth-order valence-electron chi connectivity index (χ4n) is 4.09. The Bertz CT molecular complexity index is 1050. The molecule has 1 saturated heterocycles. The summed E-state index contributed by atoms with van der Waals surface area (Å²) in [6.45, 7) is 2.66. The van der Waals surface area contributed by atoms with E-state index in [9.17, 15) is 4.79 Å². The van der Waals surface area contributed by atoms with Crippen LogP contribution in [0, 0.1) is 6.92 Å². The molecule has 2 aromatic heterocycles. The molecule has 1 N–H and O–H groups in total. The maximum Gasteiger partial charge on any atom is 0.254 e. The van der Waals surface area contributed by atoms with E-state index in [1.807, 2.05) is 31.3 Å². The van der Waals surface area contributed by atoms with E-state index in [1.165, 1.54) is 18.5 Å². The van der Waals surface area contributed by atoms with E-state index in [0.717, 1.165) is 53.9 Å². The number of imidazole rings is 1. The first-order chi connectivity index (χ1) is 13.7. The Morgan fingerprint density at radius 1 is 1.21 bits per heavy atom. The third-order valence-corrected chi connectivity index (χ3v) is 5.65. The predicted octanol–water partition coefficient (Wildman–Crippen LogP) is 3.10. The van der Waals surface area contributed by atoms with E-state index >= 15 is 0 Å². The second kappa shape index (κ2) is 6.98. The lowest BCUT2D eigenvalue weighted by Gasteiger charge is -2.14. The summed E-state index contributed by atoms with van der Waals surface area (Å²) in [4.78, 5) is 17.0. The van der Waals surface area contributed by atoms with Gasteiger partial charge in [-0.2, -0.15) is 5.10 Å². The number of hydrogen-bond acceptors (Lipinski definition) is 5. The minimum atomic E-state index is -0.331. The Balaban J connectivity index is 1.43. The van der Waals surface area contributed by atoms with Crippen molar-refractivity contribution in [1.29, 1.82) is 0 Å². The number of rotatable bonds is 3. The van der Waals surface area contributed by atoms with Crippen molar-refractivity contribution in [2.24, 2.45) is 0 Å². The highest BCUT2D eigenvalue weighted by Gasteiger charge is 2.24. The number of amides is 1. The topological polar surface area (TPSA) is 81.4 Å². The molecule has 0 saturated carbocycles. The molecule has 7 nitrogen and oxygen atoms in total. The average Bonchev–Trinajstić information content (AvgIpc) is 3.39. The Hall–Kier alpha value is -2.80. The van der Waals surface area contributed by atoms with Crippen molar-refractivity contribution in [1.82, 2.24) is 19.6 Å². The zero-order valence-corrected chi connectivity index (χ0v) is 15.9. The molecule has 0 bridgehead atoms. The van der Waals surface area contributed by atoms with Gasteiger partial charge in [-0.05, 0) is 63.1 Å². The van der Waals surface area contributed by atoms with E-state index in [1.54, 1.807) is 0 Å². The van der Waals surface area contributed by atoms with Gasteiger partial charge >= 0.3 is 0 Å². The molecule has 3 aromatic rings. The third kappa shape index (κ3) is 3.05. The lowest BCUT2D eigenvalue weighted by molar-refractivity contribution is -0.124. The largest absolute Gasteiger partial charge is 0.368 e. The summed E-state index contributed by atoms with van der Waals surface area (Å²) in [6, 6.07) is 5.97. The number of aromatic nitrogens is 4. The van der Waals surface area contributed by atoms with Gasteiger partial charge in [-0.25, -0.2) is 4.98 Å². The zero-order valence-electron chi connectivity index (χ0n) is 15.9. The molecule has 144 valence electrons. The van der Waals surface area contributed by atoms with E-state index in [2.05, 4.69) is 24.9 Å². The van der Waals surface area contributed by atoms with E-state index in [0.29, 0.717) is 12.4 Å².